The summed E-state index contributed by atoms with van der Waals surface area (Å²) in [5, 5.41) is 7.67. The first-order valence-electron chi connectivity index (χ1n) is 9.71. The number of aromatic nitrogens is 3. The van der Waals surface area contributed by atoms with Crippen molar-refractivity contribution in [3.63, 3.8) is 0 Å². The Hall–Kier alpha value is -2.71. The third-order valence-corrected chi connectivity index (χ3v) is 5.32. The quantitative estimate of drug-likeness (QED) is 0.595. The summed E-state index contributed by atoms with van der Waals surface area (Å²) in [6, 6.07) is 6.93. The van der Waals surface area contributed by atoms with Gasteiger partial charge in [0.1, 0.15) is 24.0 Å². The van der Waals surface area contributed by atoms with Crippen LogP contribution in [-0.4, -0.2) is 51.7 Å². The minimum atomic E-state index is -0.367. The predicted molar refractivity (Wildman–Crippen MR) is 110 cm³/mol. The van der Waals surface area contributed by atoms with Gasteiger partial charge in [-0.25, -0.2) is 4.98 Å². The van der Waals surface area contributed by atoms with Crippen molar-refractivity contribution < 1.29 is 9.32 Å². The standard InChI is InChI=1S/C20H22ClN5O3/c21-15-6-4-14(5-7-15)18-17-19(29-24-18)23-13-26(20(17)28)12-16(27)22-8-3-11-25-9-1-2-10-25/h4-7,13H,1-3,8-12H2,(H,22,27). The van der Waals surface area contributed by atoms with Crippen molar-refractivity contribution in [2.75, 3.05) is 26.2 Å². The van der Waals surface area contributed by atoms with Gasteiger partial charge in [-0.05, 0) is 51.0 Å². The van der Waals surface area contributed by atoms with E-state index < -0.39 is 0 Å². The molecule has 0 unspecified atom stereocenters. The molecule has 0 bridgehead atoms. The van der Waals surface area contributed by atoms with Crippen LogP contribution < -0.4 is 10.9 Å². The largest absolute Gasteiger partial charge is 0.354 e. The maximum Gasteiger partial charge on any atom is 0.267 e. The van der Waals surface area contributed by atoms with E-state index in [0.29, 0.717) is 22.8 Å². The van der Waals surface area contributed by atoms with Crippen molar-refractivity contribution in [2.45, 2.75) is 25.8 Å². The molecule has 29 heavy (non-hydrogen) atoms. The van der Waals surface area contributed by atoms with Crippen LogP contribution >= 0.6 is 11.6 Å². The second-order valence-electron chi connectivity index (χ2n) is 7.15. The number of likely N-dealkylation sites (tertiary alicyclic amines) is 1. The Bertz CT molecular complexity index is 1050. The summed E-state index contributed by atoms with van der Waals surface area (Å²) in [7, 11) is 0. The summed E-state index contributed by atoms with van der Waals surface area (Å²) < 4.78 is 6.46. The topological polar surface area (TPSA) is 93.3 Å². The molecule has 0 saturated carbocycles. The molecule has 1 aliphatic heterocycles. The van der Waals surface area contributed by atoms with E-state index in [0.717, 1.165) is 26.1 Å². The highest BCUT2D eigenvalue weighted by molar-refractivity contribution is 6.30. The molecule has 0 spiro atoms. The van der Waals surface area contributed by atoms with Gasteiger partial charge in [0.05, 0.1) is 0 Å². The Morgan fingerprint density at radius 1 is 1.21 bits per heavy atom. The Morgan fingerprint density at radius 3 is 2.72 bits per heavy atom. The second kappa shape index (κ2) is 8.75. The van der Waals surface area contributed by atoms with Gasteiger partial charge in [0.15, 0.2) is 0 Å². The Morgan fingerprint density at radius 2 is 1.97 bits per heavy atom. The van der Waals surface area contributed by atoms with E-state index >= 15 is 0 Å². The average molecular weight is 416 g/mol. The van der Waals surface area contributed by atoms with Gasteiger partial charge in [0.2, 0.25) is 5.91 Å². The first-order valence-corrected chi connectivity index (χ1v) is 10.1. The Kier molecular flexibility index (Phi) is 5.92. The van der Waals surface area contributed by atoms with Gasteiger partial charge in [0.25, 0.3) is 11.3 Å². The maximum absolute atomic E-state index is 12.9. The van der Waals surface area contributed by atoms with Gasteiger partial charge in [0, 0.05) is 17.1 Å². The lowest BCUT2D eigenvalue weighted by Gasteiger charge is -2.14. The zero-order valence-corrected chi connectivity index (χ0v) is 16.7. The molecule has 1 fully saturated rings. The SMILES string of the molecule is O=C(Cn1cnc2onc(-c3ccc(Cl)cc3)c2c1=O)NCCCN1CCCC1. The molecule has 3 heterocycles. The minimum Gasteiger partial charge on any atom is -0.354 e. The van der Waals surface area contributed by atoms with Gasteiger partial charge < -0.3 is 14.7 Å². The summed E-state index contributed by atoms with van der Waals surface area (Å²) in [5.74, 6) is -0.223. The lowest BCUT2D eigenvalue weighted by atomic mass is 10.1. The van der Waals surface area contributed by atoms with Crippen LogP contribution in [0.5, 0.6) is 0 Å². The molecule has 0 atom stereocenters. The monoisotopic (exact) mass is 415 g/mol. The summed E-state index contributed by atoms with van der Waals surface area (Å²) in [6.07, 6.45) is 4.72. The molecule has 1 aromatic carbocycles. The molecule has 152 valence electrons. The molecular weight excluding hydrogens is 394 g/mol. The van der Waals surface area contributed by atoms with E-state index in [4.69, 9.17) is 16.1 Å². The van der Waals surface area contributed by atoms with E-state index in [1.54, 1.807) is 24.3 Å². The molecular formula is C20H22ClN5O3. The van der Waals surface area contributed by atoms with E-state index in [1.807, 2.05) is 0 Å². The number of hydrogen-bond acceptors (Lipinski definition) is 6. The third kappa shape index (κ3) is 4.49. The van der Waals surface area contributed by atoms with Crippen molar-refractivity contribution in [1.82, 2.24) is 24.9 Å². The van der Waals surface area contributed by atoms with Crippen LogP contribution in [0.15, 0.2) is 39.9 Å². The Balaban J connectivity index is 1.44. The fourth-order valence-corrected chi connectivity index (χ4v) is 3.67. The Labute approximate surface area is 172 Å². The highest BCUT2D eigenvalue weighted by Crippen LogP contribution is 2.25. The molecule has 0 radical (unpaired) electrons. The van der Waals surface area contributed by atoms with Crippen LogP contribution in [-0.2, 0) is 11.3 Å². The first-order chi connectivity index (χ1) is 14.1. The van der Waals surface area contributed by atoms with E-state index in [1.165, 1.54) is 23.7 Å². The average Bonchev–Trinajstić information content (AvgIpc) is 3.38. The van der Waals surface area contributed by atoms with E-state index in [9.17, 15) is 9.59 Å². The maximum atomic E-state index is 12.9. The zero-order valence-electron chi connectivity index (χ0n) is 15.9. The van der Waals surface area contributed by atoms with E-state index in [-0.39, 0.29) is 29.1 Å². The van der Waals surface area contributed by atoms with Gasteiger partial charge in [-0.3, -0.25) is 14.2 Å². The molecule has 2 aromatic heterocycles. The molecule has 8 nitrogen and oxygen atoms in total. The molecule has 3 aromatic rings. The normalized spacial score (nSPS) is 14.5. The summed E-state index contributed by atoms with van der Waals surface area (Å²) >= 11 is 5.92. The van der Waals surface area contributed by atoms with Crippen molar-refractivity contribution in [1.29, 1.82) is 0 Å². The third-order valence-electron chi connectivity index (χ3n) is 5.07. The van der Waals surface area contributed by atoms with Crippen molar-refractivity contribution >= 4 is 28.6 Å². The number of nitrogens with zero attached hydrogens (tertiary/aromatic N) is 4. The number of fused-ring (bicyclic) bond motifs is 1. The van der Waals surface area contributed by atoms with Crippen LogP contribution in [0.4, 0.5) is 0 Å². The summed E-state index contributed by atoms with van der Waals surface area (Å²) in [5.41, 5.74) is 0.848. The number of carbonyl (C=O) groups is 1. The number of amides is 1. The number of carbonyl (C=O) groups excluding carboxylic acids is 1. The fraction of sp³-hybridized carbons (Fsp3) is 0.400. The molecule has 1 N–H and O–H groups in total. The number of rotatable bonds is 7. The predicted octanol–water partition coefficient (Wildman–Crippen LogP) is 2.31. The number of hydrogen-bond donors (Lipinski definition) is 1. The first kappa shape index (κ1) is 19.6. The van der Waals surface area contributed by atoms with Gasteiger partial charge in [-0.1, -0.05) is 28.9 Å². The van der Waals surface area contributed by atoms with Crippen LogP contribution in [0.3, 0.4) is 0 Å². The summed E-state index contributed by atoms with van der Waals surface area (Å²) in [6.45, 7) is 3.76. The number of benzene rings is 1. The molecule has 4 rings (SSSR count). The number of nitrogens with one attached hydrogen (secondary N) is 1. The zero-order chi connectivity index (χ0) is 20.2. The lowest BCUT2D eigenvalue weighted by Crippen LogP contribution is -2.34. The van der Waals surface area contributed by atoms with Crippen molar-refractivity contribution in [3.8, 4) is 11.3 Å². The minimum absolute atomic E-state index is 0.100. The molecule has 9 heteroatoms. The summed E-state index contributed by atoms with van der Waals surface area (Å²) in [4.78, 5) is 31.7. The van der Waals surface area contributed by atoms with Gasteiger partial charge in [-0.15, -0.1) is 0 Å². The smallest absolute Gasteiger partial charge is 0.267 e. The highest BCUT2D eigenvalue weighted by Gasteiger charge is 2.18. The van der Waals surface area contributed by atoms with Crippen LogP contribution in [0.2, 0.25) is 5.02 Å². The molecule has 0 aliphatic carbocycles. The van der Waals surface area contributed by atoms with E-state index in [2.05, 4.69) is 20.4 Å². The number of halogens is 1. The van der Waals surface area contributed by atoms with Crippen LogP contribution in [0.1, 0.15) is 19.3 Å². The second-order valence-corrected chi connectivity index (χ2v) is 7.58. The van der Waals surface area contributed by atoms with Crippen molar-refractivity contribution in [2.24, 2.45) is 0 Å². The molecule has 1 amide bonds. The lowest BCUT2D eigenvalue weighted by molar-refractivity contribution is -0.121. The van der Waals surface area contributed by atoms with Gasteiger partial charge in [-0.2, -0.15) is 0 Å². The van der Waals surface area contributed by atoms with Gasteiger partial charge >= 0.3 is 0 Å². The van der Waals surface area contributed by atoms with Crippen LogP contribution in [0.25, 0.3) is 22.4 Å². The highest BCUT2D eigenvalue weighted by atomic mass is 35.5. The van der Waals surface area contributed by atoms with Crippen LogP contribution in [0, 0.1) is 0 Å². The van der Waals surface area contributed by atoms with Crippen molar-refractivity contribution in [3.05, 3.63) is 46.0 Å². The fourth-order valence-electron chi connectivity index (χ4n) is 3.55. The molecule has 1 saturated heterocycles. The molecule has 1 aliphatic rings.